The molecule has 1 aliphatic rings. The Morgan fingerprint density at radius 2 is 2.62 bits per heavy atom. The van der Waals surface area contributed by atoms with Gasteiger partial charge in [0, 0.05) is 36.6 Å². The average molecular weight is 195 g/mol. The molecule has 0 amide bonds. The molecule has 1 aromatic heterocycles. The molecule has 0 saturated heterocycles. The van der Waals surface area contributed by atoms with Crippen molar-refractivity contribution in [1.29, 1.82) is 0 Å². The molecular formula is C9H13N3S. The second-order valence-electron chi connectivity index (χ2n) is 3.26. The van der Waals surface area contributed by atoms with E-state index in [4.69, 9.17) is 5.73 Å². The van der Waals surface area contributed by atoms with E-state index in [1.807, 2.05) is 11.7 Å². The quantitative estimate of drug-likeness (QED) is 0.677. The molecule has 0 spiro atoms. The maximum atomic E-state index is 5.80. The molecule has 0 radical (unpaired) electrons. The van der Waals surface area contributed by atoms with Gasteiger partial charge in [-0.3, -0.25) is 4.98 Å². The smallest absolute Gasteiger partial charge is 0.0794 e. The van der Waals surface area contributed by atoms with Crippen LogP contribution in [0.4, 0.5) is 0 Å². The van der Waals surface area contributed by atoms with Crippen LogP contribution in [0, 0.1) is 0 Å². The summed E-state index contributed by atoms with van der Waals surface area (Å²) >= 11 is 1.70. The third-order valence-electron chi connectivity index (χ3n) is 2.07. The predicted octanol–water partition coefficient (Wildman–Crippen LogP) is 0.542. The highest BCUT2D eigenvalue weighted by Crippen LogP contribution is 2.13. The van der Waals surface area contributed by atoms with Gasteiger partial charge in [0.1, 0.15) is 0 Å². The lowest BCUT2D eigenvalue weighted by molar-refractivity contribution is 0.627. The van der Waals surface area contributed by atoms with Gasteiger partial charge in [-0.25, -0.2) is 0 Å². The number of nitrogens with zero attached hydrogens (tertiary/aromatic N) is 1. The van der Waals surface area contributed by atoms with E-state index in [9.17, 15) is 0 Å². The largest absolute Gasteiger partial charge is 0.323 e. The highest BCUT2D eigenvalue weighted by molar-refractivity contribution is 7.09. The first kappa shape index (κ1) is 8.87. The average Bonchev–Trinajstić information content (AvgIpc) is 2.57. The number of aromatic nitrogens is 1. The first-order valence-electron chi connectivity index (χ1n) is 4.38. The fourth-order valence-electron chi connectivity index (χ4n) is 1.49. The fourth-order valence-corrected chi connectivity index (χ4v) is 2.14. The molecule has 0 bridgehead atoms. The standard InChI is InChI=1S/C9H13N3S/c10-8-1-7(3-11-4-8)2-9-5-12-6-13-9/h1,5-6,8,11H,2-4,10H2. The van der Waals surface area contributed by atoms with E-state index in [0.717, 1.165) is 19.5 Å². The molecule has 2 rings (SSSR count). The van der Waals surface area contributed by atoms with Crippen LogP contribution < -0.4 is 11.1 Å². The summed E-state index contributed by atoms with van der Waals surface area (Å²) in [4.78, 5) is 5.35. The van der Waals surface area contributed by atoms with E-state index in [2.05, 4.69) is 16.4 Å². The van der Waals surface area contributed by atoms with Gasteiger partial charge in [-0.15, -0.1) is 11.3 Å². The van der Waals surface area contributed by atoms with Crippen LogP contribution in [0.5, 0.6) is 0 Å². The summed E-state index contributed by atoms with van der Waals surface area (Å²) in [6, 6.07) is 0.177. The van der Waals surface area contributed by atoms with Crippen LogP contribution in [-0.2, 0) is 6.42 Å². The molecular weight excluding hydrogens is 182 g/mol. The molecule has 0 aliphatic carbocycles. The summed E-state index contributed by atoms with van der Waals surface area (Å²) in [6.07, 6.45) is 5.08. The lowest BCUT2D eigenvalue weighted by atomic mass is 10.1. The van der Waals surface area contributed by atoms with Crippen LogP contribution in [0.2, 0.25) is 0 Å². The maximum Gasteiger partial charge on any atom is 0.0794 e. The number of hydrogen-bond donors (Lipinski definition) is 2. The molecule has 3 N–H and O–H groups in total. The van der Waals surface area contributed by atoms with Crippen LogP contribution in [0.3, 0.4) is 0 Å². The second kappa shape index (κ2) is 4.00. The molecule has 2 heterocycles. The van der Waals surface area contributed by atoms with E-state index in [1.54, 1.807) is 11.3 Å². The van der Waals surface area contributed by atoms with Gasteiger partial charge in [0.25, 0.3) is 0 Å². The Morgan fingerprint density at radius 3 is 3.31 bits per heavy atom. The third-order valence-corrected chi connectivity index (χ3v) is 2.85. The lowest BCUT2D eigenvalue weighted by Crippen LogP contribution is -2.38. The lowest BCUT2D eigenvalue weighted by Gasteiger charge is -2.18. The molecule has 0 aromatic carbocycles. The fraction of sp³-hybridized carbons (Fsp3) is 0.444. The molecule has 1 aliphatic heterocycles. The molecule has 4 heteroatoms. The molecule has 0 fully saturated rings. The minimum Gasteiger partial charge on any atom is -0.323 e. The zero-order valence-corrected chi connectivity index (χ0v) is 8.18. The summed E-state index contributed by atoms with van der Waals surface area (Å²) in [6.45, 7) is 1.86. The number of thiazole rings is 1. The summed E-state index contributed by atoms with van der Waals surface area (Å²) in [5, 5.41) is 3.29. The summed E-state index contributed by atoms with van der Waals surface area (Å²) in [5.41, 5.74) is 9.05. The van der Waals surface area contributed by atoms with Gasteiger partial charge in [-0.05, 0) is 0 Å². The van der Waals surface area contributed by atoms with Gasteiger partial charge < -0.3 is 11.1 Å². The van der Waals surface area contributed by atoms with Crippen LogP contribution in [0.15, 0.2) is 23.4 Å². The Morgan fingerprint density at radius 1 is 1.69 bits per heavy atom. The van der Waals surface area contributed by atoms with Crippen molar-refractivity contribution in [2.45, 2.75) is 12.5 Å². The van der Waals surface area contributed by atoms with Crippen LogP contribution in [0.25, 0.3) is 0 Å². The Bertz CT molecular complexity index is 292. The van der Waals surface area contributed by atoms with Crippen molar-refractivity contribution >= 4 is 11.3 Å². The monoisotopic (exact) mass is 195 g/mol. The van der Waals surface area contributed by atoms with Crippen molar-refractivity contribution in [3.8, 4) is 0 Å². The minimum absolute atomic E-state index is 0.177. The molecule has 1 unspecified atom stereocenters. The van der Waals surface area contributed by atoms with E-state index < -0.39 is 0 Å². The summed E-state index contributed by atoms with van der Waals surface area (Å²) in [5.74, 6) is 0. The van der Waals surface area contributed by atoms with Crippen molar-refractivity contribution in [3.05, 3.63) is 28.2 Å². The van der Waals surface area contributed by atoms with Crippen molar-refractivity contribution in [2.75, 3.05) is 13.1 Å². The van der Waals surface area contributed by atoms with Gasteiger partial charge in [0.15, 0.2) is 0 Å². The zero-order valence-electron chi connectivity index (χ0n) is 7.36. The van der Waals surface area contributed by atoms with Crippen LogP contribution >= 0.6 is 11.3 Å². The Hall–Kier alpha value is -0.710. The molecule has 13 heavy (non-hydrogen) atoms. The number of nitrogens with two attached hydrogens (primary N) is 1. The third kappa shape index (κ3) is 2.37. The van der Waals surface area contributed by atoms with E-state index >= 15 is 0 Å². The number of hydrogen-bond acceptors (Lipinski definition) is 4. The maximum absolute atomic E-state index is 5.80. The van der Waals surface area contributed by atoms with Gasteiger partial charge in [-0.2, -0.15) is 0 Å². The van der Waals surface area contributed by atoms with Crippen LogP contribution in [-0.4, -0.2) is 24.1 Å². The van der Waals surface area contributed by atoms with Crippen molar-refractivity contribution in [3.63, 3.8) is 0 Å². The summed E-state index contributed by atoms with van der Waals surface area (Å²) < 4.78 is 0. The Balaban J connectivity index is 2.02. The molecule has 0 saturated carbocycles. The first-order chi connectivity index (χ1) is 6.34. The molecule has 3 nitrogen and oxygen atoms in total. The topological polar surface area (TPSA) is 50.9 Å². The van der Waals surface area contributed by atoms with Gasteiger partial charge in [0.2, 0.25) is 0 Å². The minimum atomic E-state index is 0.177. The zero-order chi connectivity index (χ0) is 9.10. The normalized spacial score (nSPS) is 22.8. The van der Waals surface area contributed by atoms with Gasteiger partial charge in [-0.1, -0.05) is 11.6 Å². The molecule has 1 atom stereocenters. The van der Waals surface area contributed by atoms with Gasteiger partial charge >= 0.3 is 0 Å². The van der Waals surface area contributed by atoms with Crippen LogP contribution in [0.1, 0.15) is 4.88 Å². The second-order valence-corrected chi connectivity index (χ2v) is 4.24. The Labute approximate surface area is 81.7 Å². The highest BCUT2D eigenvalue weighted by Gasteiger charge is 2.09. The van der Waals surface area contributed by atoms with E-state index in [0.29, 0.717) is 0 Å². The number of nitrogens with one attached hydrogen (secondary N) is 1. The highest BCUT2D eigenvalue weighted by atomic mass is 32.1. The predicted molar refractivity (Wildman–Crippen MR) is 54.7 cm³/mol. The van der Waals surface area contributed by atoms with Crippen molar-refractivity contribution in [2.24, 2.45) is 5.73 Å². The van der Waals surface area contributed by atoms with E-state index in [-0.39, 0.29) is 6.04 Å². The first-order valence-corrected chi connectivity index (χ1v) is 5.26. The number of rotatable bonds is 2. The van der Waals surface area contributed by atoms with Crippen molar-refractivity contribution < 1.29 is 0 Å². The Kier molecular flexibility index (Phi) is 2.73. The SMILES string of the molecule is NC1C=C(Cc2cncs2)CNC1. The van der Waals surface area contributed by atoms with Crippen molar-refractivity contribution in [1.82, 2.24) is 10.3 Å². The van der Waals surface area contributed by atoms with E-state index in [1.165, 1.54) is 10.5 Å². The molecule has 1 aromatic rings. The molecule has 70 valence electrons. The van der Waals surface area contributed by atoms with Gasteiger partial charge in [0.05, 0.1) is 5.51 Å². The summed E-state index contributed by atoms with van der Waals surface area (Å²) in [7, 11) is 0.